The van der Waals surface area contributed by atoms with E-state index < -0.39 is 0 Å². The molecule has 1 aliphatic heterocycles. The number of amides is 2. The number of carbonyl (C=O) groups excluding carboxylic acids is 2. The van der Waals surface area contributed by atoms with Crippen molar-refractivity contribution in [1.29, 1.82) is 0 Å². The van der Waals surface area contributed by atoms with Crippen LogP contribution in [0.25, 0.3) is 0 Å². The predicted octanol–water partition coefficient (Wildman–Crippen LogP) is 2.79. The monoisotopic (exact) mass is 309 g/mol. The number of hydrogen-bond donors (Lipinski definition) is 0. The minimum Gasteiger partial charge on any atom is -0.748 e. The zero-order valence-electron chi connectivity index (χ0n) is 11.0. The summed E-state index contributed by atoms with van der Waals surface area (Å²) in [4.78, 5) is 23.9. The van der Waals surface area contributed by atoms with Gasteiger partial charge in [0.05, 0.1) is 0 Å². The number of nitrogens with zero attached hydrogens (tertiary/aromatic N) is 1. The fourth-order valence-corrected chi connectivity index (χ4v) is 1.93. The predicted molar refractivity (Wildman–Crippen MR) is 73.5 cm³/mol. The van der Waals surface area contributed by atoms with E-state index in [0.717, 1.165) is 5.56 Å². The zero-order chi connectivity index (χ0) is 13.7. The normalized spacial score (nSPS) is 14.6. The largest absolute Gasteiger partial charge is 0.748 e. The van der Waals surface area contributed by atoms with Crippen LogP contribution in [0.5, 0.6) is 0 Å². The Morgan fingerprint density at radius 3 is 1.75 bits per heavy atom. The molecule has 0 N–H and O–H groups in total. The van der Waals surface area contributed by atoms with Gasteiger partial charge in [-0.25, -0.2) is 12.1 Å². The molecule has 0 radical (unpaired) electrons. The van der Waals surface area contributed by atoms with Crippen molar-refractivity contribution in [2.75, 3.05) is 0 Å². The fourth-order valence-electron chi connectivity index (χ4n) is 1.93. The van der Waals surface area contributed by atoms with E-state index >= 15 is 0 Å². The van der Waals surface area contributed by atoms with Gasteiger partial charge < -0.3 is 30.3 Å². The average molecular weight is 309 g/mol. The quantitative estimate of drug-likeness (QED) is 0.486. The molecule has 2 aromatic rings. The zero-order valence-corrected chi connectivity index (χ0v) is 12.1. The summed E-state index contributed by atoms with van der Waals surface area (Å²) in [5, 5.41) is 0. The molecule has 4 heteroatoms. The molecular weight excluding hydrogens is 294 g/mol. The van der Waals surface area contributed by atoms with Crippen molar-refractivity contribution < 1.29 is 26.7 Å². The van der Waals surface area contributed by atoms with Crippen molar-refractivity contribution in [3.05, 3.63) is 72.3 Å². The smallest absolute Gasteiger partial charge is 0.253 e. The van der Waals surface area contributed by atoms with Gasteiger partial charge in [-0.2, -0.15) is 12.1 Å². The molecule has 3 nitrogen and oxygen atoms in total. The van der Waals surface area contributed by atoms with Crippen LogP contribution in [-0.4, -0.2) is 16.7 Å². The maximum absolute atomic E-state index is 11.3. The van der Waals surface area contributed by atoms with Crippen molar-refractivity contribution in [2.24, 2.45) is 0 Å². The van der Waals surface area contributed by atoms with E-state index in [4.69, 9.17) is 0 Å². The van der Waals surface area contributed by atoms with E-state index in [9.17, 15) is 9.59 Å². The molecule has 1 heterocycles. The molecule has 3 rings (SSSR count). The summed E-state index contributed by atoms with van der Waals surface area (Å²) in [7, 11) is 0. The second kappa shape index (κ2) is 7.63. The van der Waals surface area contributed by atoms with Gasteiger partial charge in [-0.3, -0.25) is 14.5 Å². The molecule has 0 aromatic heterocycles. The Bertz CT molecular complexity index is 520. The van der Waals surface area contributed by atoms with Crippen LogP contribution < -0.4 is 0 Å². The van der Waals surface area contributed by atoms with E-state index in [1.165, 1.54) is 17.1 Å². The van der Waals surface area contributed by atoms with E-state index in [2.05, 4.69) is 0 Å². The maximum Gasteiger partial charge on any atom is 0.253 e. The van der Waals surface area contributed by atoms with Crippen LogP contribution in [0, 0.1) is 0 Å². The third-order valence-electron chi connectivity index (χ3n) is 2.96. The van der Waals surface area contributed by atoms with E-state index in [-0.39, 0.29) is 34.9 Å². The second-order valence-electron chi connectivity index (χ2n) is 4.24. The molecule has 1 aliphatic rings. The first-order valence-electron chi connectivity index (χ1n) is 6.13. The summed E-state index contributed by atoms with van der Waals surface area (Å²) < 4.78 is 0. The fraction of sp³-hybridized carbons (Fsp3) is 0.125. The molecule has 0 fully saturated rings. The minimum atomic E-state index is -0.233. The van der Waals surface area contributed by atoms with Crippen LogP contribution in [0.4, 0.5) is 0 Å². The summed E-state index contributed by atoms with van der Waals surface area (Å²) in [6.07, 6.45) is 2.61. The molecule has 0 aliphatic carbocycles. The third kappa shape index (κ3) is 3.80. The Morgan fingerprint density at radius 2 is 1.35 bits per heavy atom. The van der Waals surface area contributed by atoms with Crippen LogP contribution in [0.15, 0.2) is 66.7 Å². The van der Waals surface area contributed by atoms with Gasteiger partial charge in [-0.1, -0.05) is 6.92 Å². The summed E-state index contributed by atoms with van der Waals surface area (Å²) in [5.41, 5.74) is 0.982. The Morgan fingerprint density at radius 1 is 0.950 bits per heavy atom. The molecule has 1 atom stereocenters. The van der Waals surface area contributed by atoms with Gasteiger partial charge >= 0.3 is 0 Å². The van der Waals surface area contributed by atoms with Crippen LogP contribution in [-0.2, 0) is 26.7 Å². The Balaban J connectivity index is 0.000000283. The van der Waals surface area contributed by atoms with Crippen molar-refractivity contribution in [3.8, 4) is 0 Å². The molecule has 2 aromatic carbocycles. The van der Waals surface area contributed by atoms with Gasteiger partial charge in [0.1, 0.15) is 0 Å². The van der Waals surface area contributed by atoms with E-state index in [1.54, 1.807) is 0 Å². The molecule has 2 amide bonds. The summed E-state index contributed by atoms with van der Waals surface area (Å²) in [6.45, 7) is 1.85. The molecule has 0 saturated heterocycles. The standard InChI is InChI=1S/C11H10NO2.C5H5.Fe/c1-8(9-4-2-3-5-9)12-10(13)6-7-11(12)14;1-2-4-5-3-1;/h2-8H,1H3;1-5H;/q-1;-5;. The van der Waals surface area contributed by atoms with Crippen LogP contribution in [0.3, 0.4) is 0 Å². The Labute approximate surface area is 129 Å². The SMILES string of the molecule is CC([c-]1cccc1)N1C(=O)C=CC1=O.[Fe].[cH-]1[cH-][cH-][cH-][cH-]1. The van der Waals surface area contributed by atoms with E-state index in [0.29, 0.717) is 0 Å². The van der Waals surface area contributed by atoms with Crippen LogP contribution in [0.2, 0.25) is 0 Å². The van der Waals surface area contributed by atoms with Gasteiger partial charge in [-0.05, 0) is 0 Å². The number of carbonyl (C=O) groups is 2. The summed E-state index contributed by atoms with van der Waals surface area (Å²) in [6, 6.07) is 17.4. The molecule has 110 valence electrons. The summed E-state index contributed by atoms with van der Waals surface area (Å²) >= 11 is 0. The van der Waals surface area contributed by atoms with Crippen LogP contribution >= 0.6 is 0 Å². The average Bonchev–Trinajstić information content (AvgIpc) is 3.12. The maximum atomic E-state index is 11.3. The van der Waals surface area contributed by atoms with E-state index in [1.807, 2.05) is 61.5 Å². The van der Waals surface area contributed by atoms with Gasteiger partial charge in [0.25, 0.3) is 11.8 Å². The van der Waals surface area contributed by atoms with Gasteiger partial charge in [0, 0.05) is 35.3 Å². The molecule has 1 unspecified atom stereocenters. The first kappa shape index (κ1) is 16.2. The first-order chi connectivity index (χ1) is 9.20. The number of hydrogen-bond acceptors (Lipinski definition) is 2. The first-order valence-corrected chi connectivity index (χ1v) is 6.13. The third-order valence-corrected chi connectivity index (χ3v) is 2.96. The molecule has 20 heavy (non-hydrogen) atoms. The van der Waals surface area contributed by atoms with Crippen LogP contribution in [0.1, 0.15) is 18.5 Å². The Hall–Kier alpha value is -1.90. The Kier molecular flexibility index (Phi) is 6.16. The molecule has 0 saturated carbocycles. The minimum absolute atomic E-state index is 0. The van der Waals surface area contributed by atoms with Crippen molar-refractivity contribution >= 4 is 11.8 Å². The topological polar surface area (TPSA) is 37.4 Å². The van der Waals surface area contributed by atoms with Crippen molar-refractivity contribution in [3.63, 3.8) is 0 Å². The van der Waals surface area contributed by atoms with Gasteiger partial charge in [-0.15, -0.1) is 5.56 Å². The molecule has 0 spiro atoms. The second-order valence-corrected chi connectivity index (χ2v) is 4.24. The van der Waals surface area contributed by atoms with Crippen molar-refractivity contribution in [2.45, 2.75) is 13.0 Å². The van der Waals surface area contributed by atoms with Gasteiger partial charge in [0.15, 0.2) is 0 Å². The van der Waals surface area contributed by atoms with Crippen molar-refractivity contribution in [1.82, 2.24) is 4.90 Å². The number of imide groups is 1. The van der Waals surface area contributed by atoms with Gasteiger partial charge in [0.2, 0.25) is 0 Å². The molecular formula is C16H15FeNO2-6. The molecule has 0 bridgehead atoms. The summed E-state index contributed by atoms with van der Waals surface area (Å²) in [5.74, 6) is -0.465. The number of rotatable bonds is 2.